The highest BCUT2D eigenvalue weighted by Gasteiger charge is 2.54. The first-order valence-electron chi connectivity index (χ1n) is 12.2. The zero-order valence-corrected chi connectivity index (χ0v) is 21.3. The van der Waals surface area contributed by atoms with Gasteiger partial charge in [0.1, 0.15) is 22.6 Å². The van der Waals surface area contributed by atoms with Crippen LogP contribution >= 0.6 is 0 Å². The summed E-state index contributed by atoms with van der Waals surface area (Å²) in [6, 6.07) is 8.56. The summed E-state index contributed by atoms with van der Waals surface area (Å²) in [5, 5.41) is 14.9. The maximum atomic E-state index is 13.5. The molecule has 1 aromatic carbocycles. The van der Waals surface area contributed by atoms with Crippen molar-refractivity contribution in [2.75, 3.05) is 13.1 Å². The highest BCUT2D eigenvalue weighted by Crippen LogP contribution is 2.34. The van der Waals surface area contributed by atoms with Crippen LogP contribution in [0.25, 0.3) is 11.0 Å². The Labute approximate surface area is 218 Å². The summed E-state index contributed by atoms with van der Waals surface area (Å²) in [7, 11) is -4.14. The first-order valence-corrected chi connectivity index (χ1v) is 13.6. The molecule has 0 radical (unpaired) electrons. The van der Waals surface area contributed by atoms with Gasteiger partial charge in [0.25, 0.3) is 5.95 Å². The molecule has 13 heteroatoms. The van der Waals surface area contributed by atoms with Gasteiger partial charge < -0.3 is 24.6 Å². The molecular formula is C25H26N4O8S. The van der Waals surface area contributed by atoms with E-state index in [1.165, 1.54) is 17.0 Å². The Morgan fingerprint density at radius 1 is 1.26 bits per heavy atom. The van der Waals surface area contributed by atoms with Crippen LogP contribution in [0.1, 0.15) is 26.2 Å². The standard InChI is InChI=1S/C25H26N4O8S/c1-2-6-18(26-25(32)37-22-13-16-7-3-4-9-21(16)36-22)24(31)28-12-10-19-23(28)20(30)15-29(19)38(34,35)17-8-5-11-27(33)14-17/h3-5,7-9,11,13-14,18-19,23H,2,6,10,12,15H2,1H3,(H,26,32). The molecule has 0 aliphatic carbocycles. The normalized spacial score (nSPS) is 20.4. The summed E-state index contributed by atoms with van der Waals surface area (Å²) in [4.78, 5) is 40.2. The number of ketones is 1. The zero-order chi connectivity index (χ0) is 27.0. The Morgan fingerprint density at radius 2 is 2.05 bits per heavy atom. The van der Waals surface area contributed by atoms with Crippen molar-refractivity contribution in [3.8, 4) is 5.95 Å². The van der Waals surface area contributed by atoms with Gasteiger partial charge in [0.2, 0.25) is 15.9 Å². The molecule has 0 bridgehead atoms. The van der Waals surface area contributed by atoms with Gasteiger partial charge in [-0.1, -0.05) is 31.5 Å². The minimum absolute atomic E-state index is 0.0280. The van der Waals surface area contributed by atoms with Crippen molar-refractivity contribution in [3.63, 3.8) is 0 Å². The lowest BCUT2D eigenvalue weighted by Crippen LogP contribution is -2.53. The fourth-order valence-electron chi connectivity index (χ4n) is 5.08. The summed E-state index contributed by atoms with van der Waals surface area (Å²) < 4.78 is 38.6. The van der Waals surface area contributed by atoms with Crippen LogP contribution in [0.4, 0.5) is 4.79 Å². The van der Waals surface area contributed by atoms with E-state index in [1.807, 2.05) is 13.0 Å². The number of likely N-dealkylation sites (tertiary alicyclic amines) is 1. The van der Waals surface area contributed by atoms with Gasteiger partial charge in [-0.15, -0.1) is 0 Å². The van der Waals surface area contributed by atoms with Crippen molar-refractivity contribution >= 4 is 38.8 Å². The number of nitrogens with zero attached hydrogens (tertiary/aromatic N) is 3. The van der Waals surface area contributed by atoms with E-state index in [2.05, 4.69) is 5.32 Å². The molecule has 4 heterocycles. The van der Waals surface area contributed by atoms with Crippen LogP contribution in [0.5, 0.6) is 5.95 Å². The molecule has 1 N–H and O–H groups in total. The van der Waals surface area contributed by atoms with Gasteiger partial charge in [0.05, 0.1) is 12.6 Å². The molecule has 2 amide bonds. The smallest absolute Gasteiger partial charge is 0.415 e. The molecule has 3 atom stereocenters. The minimum Gasteiger partial charge on any atom is -0.619 e. The molecule has 38 heavy (non-hydrogen) atoms. The number of furan rings is 1. The number of pyridine rings is 1. The first kappa shape index (κ1) is 25.7. The van der Waals surface area contributed by atoms with Crippen molar-refractivity contribution in [1.82, 2.24) is 14.5 Å². The van der Waals surface area contributed by atoms with Gasteiger partial charge in [0, 0.05) is 24.1 Å². The third-order valence-corrected chi connectivity index (χ3v) is 8.63. The molecule has 12 nitrogen and oxygen atoms in total. The van der Waals surface area contributed by atoms with E-state index >= 15 is 0 Å². The number of carbonyl (C=O) groups excluding carboxylic acids is 3. The second kappa shape index (κ2) is 10.1. The van der Waals surface area contributed by atoms with Gasteiger partial charge >= 0.3 is 6.09 Å². The Balaban J connectivity index is 1.30. The van der Waals surface area contributed by atoms with Gasteiger partial charge in [0.15, 0.2) is 18.2 Å². The number of ether oxygens (including phenoxy) is 1. The number of benzene rings is 1. The van der Waals surface area contributed by atoms with Crippen LogP contribution in [0.15, 0.2) is 64.2 Å². The molecule has 3 aromatic rings. The predicted molar refractivity (Wildman–Crippen MR) is 132 cm³/mol. The van der Waals surface area contributed by atoms with E-state index < -0.39 is 52.5 Å². The number of Topliss-reactive ketones (excluding diaryl/α,β-unsaturated/α-hetero) is 1. The lowest BCUT2D eigenvalue weighted by Gasteiger charge is -2.27. The van der Waals surface area contributed by atoms with Gasteiger partial charge in [-0.3, -0.25) is 9.59 Å². The summed E-state index contributed by atoms with van der Waals surface area (Å²) in [6.45, 7) is 1.58. The average Bonchev–Trinajstić information content (AvgIpc) is 3.58. The number of amides is 2. The van der Waals surface area contributed by atoms with Crippen molar-refractivity contribution in [2.24, 2.45) is 0 Å². The number of sulfonamides is 1. The Bertz CT molecular complexity index is 1470. The molecule has 5 rings (SSSR count). The number of para-hydroxylation sites is 1. The zero-order valence-electron chi connectivity index (χ0n) is 20.5. The number of hydrogen-bond donors (Lipinski definition) is 1. The molecule has 2 aliphatic heterocycles. The SMILES string of the molecule is CCCC(NC(=O)Oc1cc2ccccc2o1)C(=O)N1CCC2C1C(=O)CN2S(=O)(=O)c1ccc[n+]([O-])c1. The summed E-state index contributed by atoms with van der Waals surface area (Å²) in [6.07, 6.45) is 2.29. The molecule has 200 valence electrons. The van der Waals surface area contributed by atoms with Crippen molar-refractivity contribution < 1.29 is 36.7 Å². The minimum atomic E-state index is -4.14. The number of nitrogens with one attached hydrogen (secondary N) is 1. The second-order valence-electron chi connectivity index (χ2n) is 9.23. The molecular weight excluding hydrogens is 516 g/mol. The average molecular weight is 543 g/mol. The molecule has 0 spiro atoms. The van der Waals surface area contributed by atoms with Crippen molar-refractivity contribution in [3.05, 3.63) is 60.1 Å². The number of aromatic nitrogens is 1. The molecule has 3 unspecified atom stereocenters. The third kappa shape index (κ3) is 4.70. The highest BCUT2D eigenvalue weighted by molar-refractivity contribution is 7.89. The predicted octanol–water partition coefficient (Wildman–Crippen LogP) is 1.57. The summed E-state index contributed by atoms with van der Waals surface area (Å²) in [5.74, 6) is -0.944. The van der Waals surface area contributed by atoms with Crippen LogP contribution in [0, 0.1) is 5.21 Å². The van der Waals surface area contributed by atoms with Crippen LogP contribution in [-0.4, -0.2) is 66.6 Å². The summed E-state index contributed by atoms with van der Waals surface area (Å²) >= 11 is 0. The third-order valence-electron chi connectivity index (χ3n) is 6.78. The number of rotatable bonds is 7. The van der Waals surface area contributed by atoms with E-state index in [0.717, 1.165) is 22.1 Å². The maximum Gasteiger partial charge on any atom is 0.415 e. The van der Waals surface area contributed by atoms with E-state index in [4.69, 9.17) is 9.15 Å². The number of fused-ring (bicyclic) bond motifs is 2. The van der Waals surface area contributed by atoms with Crippen LogP contribution in [-0.2, 0) is 19.6 Å². The van der Waals surface area contributed by atoms with E-state index in [0.29, 0.717) is 16.7 Å². The molecule has 2 saturated heterocycles. The topological polar surface area (TPSA) is 153 Å². The highest BCUT2D eigenvalue weighted by atomic mass is 32.2. The van der Waals surface area contributed by atoms with Crippen LogP contribution in [0.2, 0.25) is 0 Å². The first-order chi connectivity index (χ1) is 18.2. The molecule has 0 saturated carbocycles. The van der Waals surface area contributed by atoms with Gasteiger partial charge in [-0.2, -0.15) is 9.04 Å². The molecule has 2 aromatic heterocycles. The van der Waals surface area contributed by atoms with E-state index in [-0.39, 0.29) is 30.2 Å². The fraction of sp³-hybridized carbons (Fsp3) is 0.360. The fourth-order valence-corrected chi connectivity index (χ4v) is 6.71. The molecule has 2 fully saturated rings. The Hall–Kier alpha value is -3.97. The lowest BCUT2D eigenvalue weighted by molar-refractivity contribution is -0.607. The van der Waals surface area contributed by atoms with E-state index in [9.17, 15) is 28.0 Å². The summed E-state index contributed by atoms with van der Waals surface area (Å²) in [5.41, 5.74) is 0.541. The molecule has 2 aliphatic rings. The van der Waals surface area contributed by atoms with Crippen LogP contribution < -0.4 is 14.8 Å². The Morgan fingerprint density at radius 3 is 2.79 bits per heavy atom. The number of hydrogen-bond acceptors (Lipinski definition) is 8. The lowest BCUT2D eigenvalue weighted by atomic mass is 10.1. The second-order valence-corrected chi connectivity index (χ2v) is 11.1. The number of carbonyl (C=O) groups is 3. The van der Waals surface area contributed by atoms with Crippen molar-refractivity contribution in [2.45, 2.75) is 49.2 Å². The van der Waals surface area contributed by atoms with Gasteiger partial charge in [-0.25, -0.2) is 13.2 Å². The quantitative estimate of drug-likeness (QED) is 0.349. The monoisotopic (exact) mass is 542 g/mol. The van der Waals surface area contributed by atoms with Crippen LogP contribution in [0.3, 0.4) is 0 Å². The largest absolute Gasteiger partial charge is 0.619 e. The maximum absolute atomic E-state index is 13.5. The van der Waals surface area contributed by atoms with E-state index in [1.54, 1.807) is 24.3 Å². The Kier molecular flexibility index (Phi) is 6.80. The van der Waals surface area contributed by atoms with Gasteiger partial charge in [-0.05, 0) is 25.0 Å². The van der Waals surface area contributed by atoms with Crippen molar-refractivity contribution in [1.29, 1.82) is 0 Å².